The Morgan fingerprint density at radius 3 is 2.65 bits per heavy atom. The highest BCUT2D eigenvalue weighted by molar-refractivity contribution is 7.91. The number of benzene rings is 1. The molecule has 1 amide bonds. The topological polar surface area (TPSA) is 63.2 Å². The summed E-state index contributed by atoms with van der Waals surface area (Å²) in [6.45, 7) is 3.37. The van der Waals surface area contributed by atoms with Crippen LogP contribution in [0.15, 0.2) is 36.4 Å². The van der Waals surface area contributed by atoms with E-state index in [9.17, 15) is 13.2 Å². The van der Waals surface area contributed by atoms with Gasteiger partial charge in [0.25, 0.3) is 0 Å². The Labute approximate surface area is 137 Å². The Hall–Kier alpha value is -1.62. The van der Waals surface area contributed by atoms with E-state index in [0.717, 1.165) is 12.8 Å². The molecule has 1 fully saturated rings. The maximum Gasteiger partial charge on any atom is 0.228 e. The normalized spacial score (nSPS) is 26.0. The molecule has 3 rings (SSSR count). The molecule has 2 aliphatic carbocycles. The van der Waals surface area contributed by atoms with Crippen LogP contribution in [0.2, 0.25) is 0 Å². The minimum Gasteiger partial charge on any atom is -0.326 e. The van der Waals surface area contributed by atoms with Crippen LogP contribution in [0.1, 0.15) is 32.3 Å². The van der Waals surface area contributed by atoms with Crippen molar-refractivity contribution >= 4 is 21.4 Å². The first kappa shape index (κ1) is 16.2. The van der Waals surface area contributed by atoms with Crippen molar-refractivity contribution in [2.45, 2.75) is 37.7 Å². The molecular weight excluding hydrogens is 310 g/mol. The number of rotatable bonds is 5. The summed E-state index contributed by atoms with van der Waals surface area (Å²) in [4.78, 5) is 12.4. The molecule has 0 spiro atoms. The summed E-state index contributed by atoms with van der Waals surface area (Å²) in [5.74, 6) is 1.02. The number of hydrogen-bond acceptors (Lipinski definition) is 3. The maximum absolute atomic E-state index is 12.4. The lowest BCUT2D eigenvalue weighted by molar-refractivity contribution is -0.120. The second-order valence-corrected chi connectivity index (χ2v) is 9.49. The lowest BCUT2D eigenvalue weighted by Gasteiger charge is -2.18. The molecule has 1 saturated carbocycles. The van der Waals surface area contributed by atoms with Crippen LogP contribution in [0.5, 0.6) is 0 Å². The van der Waals surface area contributed by atoms with Crippen molar-refractivity contribution in [1.82, 2.24) is 0 Å². The molecule has 23 heavy (non-hydrogen) atoms. The molecular formula is C18H23NO3S. The van der Waals surface area contributed by atoms with Crippen molar-refractivity contribution in [3.8, 4) is 0 Å². The predicted octanol–water partition coefficient (Wildman–Crippen LogP) is 3.16. The number of carbonyl (C=O) groups excluding carboxylic acids is 1. The van der Waals surface area contributed by atoms with Gasteiger partial charge in [-0.25, -0.2) is 8.42 Å². The molecule has 2 bridgehead atoms. The molecule has 0 heterocycles. The first-order chi connectivity index (χ1) is 10.8. The number of sulfone groups is 1. The molecule has 1 aromatic rings. The van der Waals surface area contributed by atoms with Crippen LogP contribution < -0.4 is 5.32 Å². The molecule has 0 aliphatic heterocycles. The zero-order valence-electron chi connectivity index (χ0n) is 13.5. The van der Waals surface area contributed by atoms with E-state index in [-0.39, 0.29) is 17.6 Å². The predicted molar refractivity (Wildman–Crippen MR) is 91.7 cm³/mol. The van der Waals surface area contributed by atoms with Gasteiger partial charge in [0.2, 0.25) is 5.91 Å². The highest BCUT2D eigenvalue weighted by Gasteiger charge is 2.39. The fourth-order valence-electron chi connectivity index (χ4n) is 3.45. The molecule has 4 nitrogen and oxygen atoms in total. The summed E-state index contributed by atoms with van der Waals surface area (Å²) in [5.41, 5.74) is 1.39. The third-order valence-electron chi connectivity index (χ3n) is 4.90. The van der Waals surface area contributed by atoms with Crippen LogP contribution in [0.25, 0.3) is 0 Å². The number of carbonyl (C=O) groups is 1. The highest BCUT2D eigenvalue weighted by Crippen LogP contribution is 2.43. The molecule has 5 heteroatoms. The quantitative estimate of drug-likeness (QED) is 0.842. The van der Waals surface area contributed by atoms with E-state index in [4.69, 9.17) is 0 Å². The first-order valence-corrected chi connectivity index (χ1v) is 9.86. The smallest absolute Gasteiger partial charge is 0.228 e. The Bertz CT molecular complexity index is 736. The van der Waals surface area contributed by atoms with Gasteiger partial charge in [-0.15, -0.1) is 0 Å². The van der Waals surface area contributed by atoms with Gasteiger partial charge >= 0.3 is 0 Å². The van der Waals surface area contributed by atoms with E-state index < -0.39 is 15.1 Å². The Kier molecular flexibility index (Phi) is 4.32. The summed E-state index contributed by atoms with van der Waals surface area (Å²) in [7, 11) is -3.14. The Morgan fingerprint density at radius 2 is 2.04 bits per heavy atom. The molecule has 0 radical (unpaired) electrons. The van der Waals surface area contributed by atoms with Crippen LogP contribution in [-0.4, -0.2) is 19.6 Å². The average molecular weight is 333 g/mol. The summed E-state index contributed by atoms with van der Waals surface area (Å²) in [6, 6.07) is 7.16. The second-order valence-electron chi connectivity index (χ2n) is 6.93. The molecule has 1 N–H and O–H groups in total. The Balaban J connectivity index is 1.68. The molecule has 1 aromatic carbocycles. The zero-order valence-corrected chi connectivity index (χ0v) is 14.3. The highest BCUT2D eigenvalue weighted by atomic mass is 32.2. The number of fused-ring (bicyclic) bond motifs is 2. The van der Waals surface area contributed by atoms with Crippen LogP contribution in [0, 0.1) is 17.8 Å². The van der Waals surface area contributed by atoms with Crippen molar-refractivity contribution in [2.75, 3.05) is 5.32 Å². The van der Waals surface area contributed by atoms with Gasteiger partial charge in [-0.05, 0) is 56.2 Å². The number of amides is 1. The minimum absolute atomic E-state index is 0.00520. The van der Waals surface area contributed by atoms with E-state index in [2.05, 4.69) is 17.5 Å². The van der Waals surface area contributed by atoms with Crippen LogP contribution >= 0.6 is 0 Å². The maximum atomic E-state index is 12.4. The Morgan fingerprint density at radius 1 is 1.26 bits per heavy atom. The van der Waals surface area contributed by atoms with Gasteiger partial charge in [-0.2, -0.15) is 0 Å². The first-order valence-electron chi connectivity index (χ1n) is 8.15. The summed E-state index contributed by atoms with van der Waals surface area (Å²) in [6.07, 6.45) is 6.38. The van der Waals surface area contributed by atoms with E-state index in [1.807, 2.05) is 6.07 Å². The summed E-state index contributed by atoms with van der Waals surface area (Å²) in [5, 5.41) is 2.56. The SMILES string of the molecule is CC(C)S(=O)(=O)Cc1cccc(NC(=O)C2CC3C=CC2C3)c1. The summed E-state index contributed by atoms with van der Waals surface area (Å²) >= 11 is 0. The van der Waals surface area contributed by atoms with Gasteiger partial charge in [0.05, 0.1) is 11.0 Å². The minimum atomic E-state index is -3.14. The van der Waals surface area contributed by atoms with E-state index in [0.29, 0.717) is 23.1 Å². The lowest BCUT2D eigenvalue weighted by atomic mass is 9.93. The molecule has 0 saturated heterocycles. The van der Waals surface area contributed by atoms with E-state index in [1.165, 1.54) is 0 Å². The zero-order chi connectivity index (χ0) is 16.6. The molecule has 124 valence electrons. The monoisotopic (exact) mass is 333 g/mol. The number of nitrogens with one attached hydrogen (secondary N) is 1. The molecule has 3 atom stereocenters. The fraction of sp³-hybridized carbons (Fsp3) is 0.500. The fourth-order valence-corrected chi connectivity index (χ4v) is 4.43. The largest absolute Gasteiger partial charge is 0.326 e. The van der Waals surface area contributed by atoms with Crippen molar-refractivity contribution in [2.24, 2.45) is 17.8 Å². The third kappa shape index (κ3) is 3.50. The second kappa shape index (κ2) is 6.11. The van der Waals surface area contributed by atoms with Crippen LogP contribution in [0.4, 0.5) is 5.69 Å². The van der Waals surface area contributed by atoms with Gasteiger partial charge in [-0.3, -0.25) is 4.79 Å². The van der Waals surface area contributed by atoms with Crippen molar-refractivity contribution in [1.29, 1.82) is 0 Å². The van der Waals surface area contributed by atoms with Gasteiger partial charge < -0.3 is 5.32 Å². The lowest BCUT2D eigenvalue weighted by Crippen LogP contribution is -2.26. The van der Waals surface area contributed by atoms with Crippen molar-refractivity contribution < 1.29 is 13.2 Å². The van der Waals surface area contributed by atoms with Crippen LogP contribution in [-0.2, 0) is 20.4 Å². The van der Waals surface area contributed by atoms with Gasteiger partial charge in [-0.1, -0.05) is 24.3 Å². The van der Waals surface area contributed by atoms with Gasteiger partial charge in [0, 0.05) is 11.6 Å². The standard InChI is InChI=1S/C18H23NO3S/c1-12(2)23(21,22)11-14-4-3-5-16(9-14)19-18(20)17-10-13-6-7-15(17)8-13/h3-7,9,12-13,15,17H,8,10-11H2,1-2H3,(H,19,20). The average Bonchev–Trinajstić information content (AvgIpc) is 3.09. The summed E-state index contributed by atoms with van der Waals surface area (Å²) < 4.78 is 24.1. The van der Waals surface area contributed by atoms with Gasteiger partial charge in [0.1, 0.15) is 0 Å². The third-order valence-corrected chi connectivity index (χ3v) is 7.07. The van der Waals surface area contributed by atoms with Gasteiger partial charge in [0.15, 0.2) is 9.84 Å². The molecule has 0 aromatic heterocycles. The number of hydrogen-bond donors (Lipinski definition) is 1. The molecule has 3 unspecified atom stereocenters. The van der Waals surface area contributed by atoms with E-state index in [1.54, 1.807) is 32.0 Å². The van der Waals surface area contributed by atoms with Crippen molar-refractivity contribution in [3.63, 3.8) is 0 Å². The number of allylic oxidation sites excluding steroid dienone is 2. The van der Waals surface area contributed by atoms with E-state index >= 15 is 0 Å². The van der Waals surface area contributed by atoms with Crippen molar-refractivity contribution in [3.05, 3.63) is 42.0 Å². The molecule has 2 aliphatic rings. The number of anilines is 1. The van der Waals surface area contributed by atoms with Crippen LogP contribution in [0.3, 0.4) is 0 Å².